The number of hydrogen-bond acceptors (Lipinski definition) is 0. The molecule has 0 bridgehead atoms. The largest absolute Gasteiger partial charge is 0.0876 e. The average Bonchev–Trinajstić information content (AvgIpc) is 2.17. The maximum Gasteiger partial charge on any atom is 0.000766 e. The molecule has 0 aromatic rings. The Kier molecular flexibility index (Phi) is 2.57. The first-order chi connectivity index (χ1) is 6.29. The summed E-state index contributed by atoms with van der Waals surface area (Å²) < 4.78 is 0. The summed E-state index contributed by atoms with van der Waals surface area (Å²) in [4.78, 5) is 0. The van der Waals surface area contributed by atoms with Gasteiger partial charge in [0.2, 0.25) is 0 Å². The molecule has 0 fully saturated rings. The Morgan fingerprint density at radius 3 is 2.92 bits per heavy atom. The van der Waals surface area contributed by atoms with Gasteiger partial charge in [0, 0.05) is 5.92 Å². The Balaban J connectivity index is 2.20. The van der Waals surface area contributed by atoms with Gasteiger partial charge in [-0.2, -0.15) is 0 Å². The van der Waals surface area contributed by atoms with Crippen molar-refractivity contribution in [3.63, 3.8) is 0 Å². The molecule has 2 unspecified atom stereocenters. The topological polar surface area (TPSA) is 0 Å². The first-order valence-corrected chi connectivity index (χ1v) is 5.64. The molecule has 0 saturated carbocycles. The van der Waals surface area contributed by atoms with E-state index < -0.39 is 0 Å². The number of hydrogen-bond donors (Lipinski definition) is 0. The monoisotopic (exact) mass is 176 g/mol. The molecule has 0 aromatic carbocycles. The third kappa shape index (κ3) is 1.72. The molecule has 0 N–H and O–H groups in total. The van der Waals surface area contributed by atoms with Gasteiger partial charge >= 0.3 is 0 Å². The molecular formula is C13H20. The molecule has 0 spiro atoms. The minimum Gasteiger partial charge on any atom is -0.0876 e. The molecule has 0 heteroatoms. The van der Waals surface area contributed by atoms with Gasteiger partial charge in [0.25, 0.3) is 0 Å². The van der Waals surface area contributed by atoms with E-state index >= 15 is 0 Å². The quantitative estimate of drug-likeness (QED) is 0.531. The SMILES string of the molecule is CC(C)C1CCC=C2CCC=CC21. The smallest absolute Gasteiger partial charge is 0.000766 e. The van der Waals surface area contributed by atoms with Gasteiger partial charge < -0.3 is 0 Å². The second-order valence-electron chi connectivity index (χ2n) is 4.76. The van der Waals surface area contributed by atoms with Crippen LogP contribution >= 0.6 is 0 Å². The number of allylic oxidation sites excluding steroid dienone is 4. The van der Waals surface area contributed by atoms with E-state index in [0.29, 0.717) is 0 Å². The van der Waals surface area contributed by atoms with Gasteiger partial charge in [-0.25, -0.2) is 0 Å². The van der Waals surface area contributed by atoms with E-state index in [1.807, 2.05) is 0 Å². The van der Waals surface area contributed by atoms with Crippen molar-refractivity contribution in [3.05, 3.63) is 23.8 Å². The maximum absolute atomic E-state index is 2.49. The molecule has 2 atom stereocenters. The lowest BCUT2D eigenvalue weighted by Crippen LogP contribution is -2.24. The van der Waals surface area contributed by atoms with Gasteiger partial charge in [-0.05, 0) is 37.5 Å². The van der Waals surface area contributed by atoms with E-state index in [2.05, 4.69) is 32.1 Å². The van der Waals surface area contributed by atoms with Crippen LogP contribution in [0.15, 0.2) is 23.8 Å². The molecule has 0 heterocycles. The van der Waals surface area contributed by atoms with Crippen LogP contribution in [0, 0.1) is 17.8 Å². The van der Waals surface area contributed by atoms with E-state index in [1.165, 1.54) is 25.7 Å². The third-order valence-electron chi connectivity index (χ3n) is 3.60. The van der Waals surface area contributed by atoms with Crippen molar-refractivity contribution < 1.29 is 0 Å². The Morgan fingerprint density at radius 1 is 1.31 bits per heavy atom. The summed E-state index contributed by atoms with van der Waals surface area (Å²) in [5, 5.41) is 0. The Morgan fingerprint density at radius 2 is 2.15 bits per heavy atom. The Labute approximate surface area is 81.7 Å². The molecule has 2 aliphatic carbocycles. The molecule has 13 heavy (non-hydrogen) atoms. The highest BCUT2D eigenvalue weighted by Crippen LogP contribution is 2.40. The minimum absolute atomic E-state index is 0.794. The molecular weight excluding hydrogens is 156 g/mol. The second-order valence-corrected chi connectivity index (χ2v) is 4.76. The average molecular weight is 176 g/mol. The van der Waals surface area contributed by atoms with Crippen LogP contribution in [0.5, 0.6) is 0 Å². The fraction of sp³-hybridized carbons (Fsp3) is 0.692. The van der Waals surface area contributed by atoms with Crippen LogP contribution in [0.2, 0.25) is 0 Å². The van der Waals surface area contributed by atoms with Crippen molar-refractivity contribution in [2.75, 3.05) is 0 Å². The summed E-state index contributed by atoms with van der Waals surface area (Å²) in [7, 11) is 0. The fourth-order valence-corrected chi connectivity index (χ4v) is 2.83. The van der Waals surface area contributed by atoms with E-state index in [-0.39, 0.29) is 0 Å². The van der Waals surface area contributed by atoms with E-state index in [9.17, 15) is 0 Å². The summed E-state index contributed by atoms with van der Waals surface area (Å²) in [6.45, 7) is 4.74. The molecule has 0 saturated heterocycles. The van der Waals surface area contributed by atoms with Crippen molar-refractivity contribution in [1.82, 2.24) is 0 Å². The van der Waals surface area contributed by atoms with Gasteiger partial charge in [-0.3, -0.25) is 0 Å². The summed E-state index contributed by atoms with van der Waals surface area (Å²) in [5.41, 5.74) is 1.73. The first-order valence-electron chi connectivity index (χ1n) is 5.64. The van der Waals surface area contributed by atoms with Crippen molar-refractivity contribution >= 4 is 0 Å². The third-order valence-corrected chi connectivity index (χ3v) is 3.60. The van der Waals surface area contributed by atoms with Crippen molar-refractivity contribution in [2.24, 2.45) is 17.8 Å². The van der Waals surface area contributed by atoms with Crippen LogP contribution in [0.1, 0.15) is 39.5 Å². The van der Waals surface area contributed by atoms with Crippen LogP contribution in [-0.2, 0) is 0 Å². The Bertz CT molecular complexity index is 232. The standard InChI is InChI=1S/C13H20/c1-10(2)12-9-5-7-11-6-3-4-8-13(11)12/h4,7-8,10,12-13H,3,5-6,9H2,1-2H3. The van der Waals surface area contributed by atoms with Crippen LogP contribution in [-0.4, -0.2) is 0 Å². The van der Waals surface area contributed by atoms with E-state index in [0.717, 1.165) is 17.8 Å². The molecule has 0 amide bonds. The highest BCUT2D eigenvalue weighted by atomic mass is 14.3. The van der Waals surface area contributed by atoms with E-state index in [4.69, 9.17) is 0 Å². The van der Waals surface area contributed by atoms with Crippen molar-refractivity contribution in [2.45, 2.75) is 39.5 Å². The summed E-state index contributed by atoms with van der Waals surface area (Å²) in [6, 6.07) is 0. The lowest BCUT2D eigenvalue weighted by Gasteiger charge is -2.35. The van der Waals surface area contributed by atoms with Crippen LogP contribution < -0.4 is 0 Å². The van der Waals surface area contributed by atoms with Crippen molar-refractivity contribution in [3.8, 4) is 0 Å². The number of fused-ring (bicyclic) bond motifs is 1. The summed E-state index contributed by atoms with van der Waals surface area (Å²) >= 11 is 0. The van der Waals surface area contributed by atoms with Crippen LogP contribution in [0.4, 0.5) is 0 Å². The molecule has 2 aliphatic rings. The zero-order chi connectivity index (χ0) is 9.26. The molecule has 0 aliphatic heterocycles. The highest BCUT2D eigenvalue weighted by molar-refractivity contribution is 5.22. The zero-order valence-corrected chi connectivity index (χ0v) is 8.79. The van der Waals surface area contributed by atoms with Crippen LogP contribution in [0.25, 0.3) is 0 Å². The molecule has 0 aromatic heterocycles. The van der Waals surface area contributed by atoms with Gasteiger partial charge in [0.15, 0.2) is 0 Å². The maximum atomic E-state index is 2.49. The van der Waals surface area contributed by atoms with Crippen molar-refractivity contribution in [1.29, 1.82) is 0 Å². The fourth-order valence-electron chi connectivity index (χ4n) is 2.83. The highest BCUT2D eigenvalue weighted by Gasteiger charge is 2.28. The predicted molar refractivity (Wildman–Crippen MR) is 57.5 cm³/mol. The van der Waals surface area contributed by atoms with Crippen LogP contribution in [0.3, 0.4) is 0 Å². The van der Waals surface area contributed by atoms with Gasteiger partial charge in [0.1, 0.15) is 0 Å². The first kappa shape index (κ1) is 9.05. The molecule has 0 nitrogen and oxygen atoms in total. The Hall–Kier alpha value is -0.520. The predicted octanol–water partition coefficient (Wildman–Crippen LogP) is 3.95. The molecule has 2 rings (SSSR count). The summed E-state index contributed by atoms with van der Waals surface area (Å²) in [5.74, 6) is 2.55. The van der Waals surface area contributed by atoms with E-state index in [1.54, 1.807) is 5.57 Å². The minimum atomic E-state index is 0.794. The lowest BCUT2D eigenvalue weighted by molar-refractivity contribution is 0.284. The molecule has 72 valence electrons. The number of rotatable bonds is 1. The second kappa shape index (κ2) is 3.69. The lowest BCUT2D eigenvalue weighted by atomic mass is 9.70. The normalized spacial score (nSPS) is 33.0. The summed E-state index contributed by atoms with van der Waals surface area (Å²) in [6.07, 6.45) is 12.6. The van der Waals surface area contributed by atoms with Gasteiger partial charge in [-0.1, -0.05) is 37.6 Å². The van der Waals surface area contributed by atoms with Gasteiger partial charge in [-0.15, -0.1) is 0 Å². The van der Waals surface area contributed by atoms with Gasteiger partial charge in [0.05, 0.1) is 0 Å². The zero-order valence-electron chi connectivity index (χ0n) is 8.79. The molecule has 0 radical (unpaired) electrons.